The van der Waals surface area contributed by atoms with Crippen molar-refractivity contribution in [2.45, 2.75) is 6.92 Å². The molecule has 0 bridgehead atoms. The standard InChI is InChI=1S/C19H17ClN2O3/c1-12(2)10-22-16-9-13(7-8-17(16)25-11-18(22)23)21-19(24)14-5-3-4-6-15(14)20/h3-9H,1,10-11H2,2H3,(H,21,24). The van der Waals surface area contributed by atoms with Gasteiger partial charge in [-0.25, -0.2) is 0 Å². The second-order valence-electron chi connectivity index (χ2n) is 5.84. The summed E-state index contributed by atoms with van der Waals surface area (Å²) in [7, 11) is 0. The molecule has 2 amide bonds. The number of amides is 2. The summed E-state index contributed by atoms with van der Waals surface area (Å²) in [4.78, 5) is 26.2. The Bertz CT molecular complexity index is 863. The van der Waals surface area contributed by atoms with E-state index in [0.29, 0.717) is 34.3 Å². The number of nitrogens with zero attached hydrogens (tertiary/aromatic N) is 1. The summed E-state index contributed by atoms with van der Waals surface area (Å²) in [6.07, 6.45) is 0. The molecule has 0 aliphatic carbocycles. The van der Waals surface area contributed by atoms with Crippen LogP contribution in [0.4, 0.5) is 11.4 Å². The van der Waals surface area contributed by atoms with E-state index in [1.54, 1.807) is 47.4 Å². The van der Waals surface area contributed by atoms with E-state index < -0.39 is 0 Å². The van der Waals surface area contributed by atoms with Gasteiger partial charge >= 0.3 is 0 Å². The van der Waals surface area contributed by atoms with Crippen molar-refractivity contribution in [2.75, 3.05) is 23.4 Å². The van der Waals surface area contributed by atoms with E-state index in [2.05, 4.69) is 11.9 Å². The fourth-order valence-electron chi connectivity index (χ4n) is 2.57. The van der Waals surface area contributed by atoms with Gasteiger partial charge < -0.3 is 15.0 Å². The molecule has 3 rings (SSSR count). The lowest BCUT2D eigenvalue weighted by molar-refractivity contribution is -0.121. The smallest absolute Gasteiger partial charge is 0.265 e. The van der Waals surface area contributed by atoms with Gasteiger partial charge in [-0.3, -0.25) is 9.59 Å². The lowest BCUT2D eigenvalue weighted by Crippen LogP contribution is -2.39. The minimum atomic E-state index is -0.319. The average Bonchev–Trinajstić information content (AvgIpc) is 2.57. The maximum Gasteiger partial charge on any atom is 0.265 e. The highest BCUT2D eigenvalue weighted by molar-refractivity contribution is 6.34. The number of hydrogen-bond acceptors (Lipinski definition) is 3. The van der Waals surface area contributed by atoms with E-state index in [4.69, 9.17) is 16.3 Å². The van der Waals surface area contributed by atoms with Crippen LogP contribution in [-0.2, 0) is 4.79 Å². The zero-order valence-electron chi connectivity index (χ0n) is 13.7. The average molecular weight is 357 g/mol. The first-order valence-corrected chi connectivity index (χ1v) is 8.11. The molecular formula is C19H17ClN2O3. The predicted molar refractivity (Wildman–Crippen MR) is 98.5 cm³/mol. The fourth-order valence-corrected chi connectivity index (χ4v) is 2.79. The molecular weight excluding hydrogens is 340 g/mol. The van der Waals surface area contributed by atoms with Crippen LogP contribution >= 0.6 is 11.6 Å². The lowest BCUT2D eigenvalue weighted by Gasteiger charge is -2.30. The topological polar surface area (TPSA) is 58.6 Å². The number of benzene rings is 2. The molecule has 1 aliphatic rings. The molecule has 1 N–H and O–H groups in total. The van der Waals surface area contributed by atoms with E-state index in [1.165, 1.54) is 0 Å². The van der Waals surface area contributed by atoms with Gasteiger partial charge in [-0.2, -0.15) is 0 Å². The van der Waals surface area contributed by atoms with Crippen molar-refractivity contribution < 1.29 is 14.3 Å². The van der Waals surface area contributed by atoms with Crippen molar-refractivity contribution in [1.82, 2.24) is 0 Å². The molecule has 128 valence electrons. The molecule has 1 heterocycles. The molecule has 0 unspecified atom stereocenters. The maximum atomic E-state index is 12.4. The number of hydrogen-bond donors (Lipinski definition) is 1. The Labute approximate surface area is 150 Å². The van der Waals surface area contributed by atoms with Crippen LogP contribution in [0.1, 0.15) is 17.3 Å². The molecule has 1 aliphatic heterocycles. The summed E-state index contributed by atoms with van der Waals surface area (Å²) in [6, 6.07) is 12.0. The number of rotatable bonds is 4. The SMILES string of the molecule is C=C(C)CN1C(=O)COc2ccc(NC(=O)c3ccccc3Cl)cc21. The van der Waals surface area contributed by atoms with Crippen molar-refractivity contribution in [1.29, 1.82) is 0 Å². The Morgan fingerprint density at radius 3 is 2.80 bits per heavy atom. The monoisotopic (exact) mass is 356 g/mol. The summed E-state index contributed by atoms with van der Waals surface area (Å²) in [5, 5.41) is 3.17. The second-order valence-corrected chi connectivity index (χ2v) is 6.25. The third-order valence-electron chi connectivity index (χ3n) is 3.71. The highest BCUT2D eigenvalue weighted by Crippen LogP contribution is 2.35. The largest absolute Gasteiger partial charge is 0.482 e. The molecule has 6 heteroatoms. The third kappa shape index (κ3) is 3.67. The van der Waals surface area contributed by atoms with Crippen LogP contribution in [0.5, 0.6) is 5.75 Å². The molecule has 0 saturated carbocycles. The maximum absolute atomic E-state index is 12.4. The molecule has 2 aromatic rings. The van der Waals surface area contributed by atoms with Gasteiger partial charge in [-0.1, -0.05) is 35.9 Å². The minimum Gasteiger partial charge on any atom is -0.482 e. The Hall–Kier alpha value is -2.79. The highest BCUT2D eigenvalue weighted by atomic mass is 35.5. The fraction of sp³-hybridized carbons (Fsp3) is 0.158. The zero-order chi connectivity index (χ0) is 18.0. The van der Waals surface area contributed by atoms with Gasteiger partial charge in [-0.05, 0) is 37.3 Å². The normalized spacial score (nSPS) is 13.0. The van der Waals surface area contributed by atoms with Crippen molar-refractivity contribution in [3.8, 4) is 5.75 Å². The van der Waals surface area contributed by atoms with Crippen molar-refractivity contribution in [3.63, 3.8) is 0 Å². The summed E-state index contributed by atoms with van der Waals surface area (Å²) in [6.45, 7) is 6.10. The summed E-state index contributed by atoms with van der Waals surface area (Å²) in [5.41, 5.74) is 2.39. The van der Waals surface area contributed by atoms with Gasteiger partial charge in [0.25, 0.3) is 11.8 Å². The van der Waals surface area contributed by atoms with Crippen LogP contribution < -0.4 is 15.0 Å². The first-order chi connectivity index (χ1) is 12.0. The van der Waals surface area contributed by atoms with Crippen LogP contribution in [0.25, 0.3) is 0 Å². The number of anilines is 2. The molecule has 0 radical (unpaired) electrons. The van der Waals surface area contributed by atoms with Gasteiger partial charge in [0.1, 0.15) is 5.75 Å². The molecule has 25 heavy (non-hydrogen) atoms. The Morgan fingerprint density at radius 2 is 2.08 bits per heavy atom. The number of carbonyl (C=O) groups is 2. The summed E-state index contributed by atoms with van der Waals surface area (Å²) >= 11 is 6.06. The van der Waals surface area contributed by atoms with Crippen molar-refractivity contribution >= 4 is 34.8 Å². The summed E-state index contributed by atoms with van der Waals surface area (Å²) < 4.78 is 5.46. The van der Waals surface area contributed by atoms with Crippen LogP contribution in [0, 0.1) is 0 Å². The lowest BCUT2D eigenvalue weighted by atomic mass is 10.1. The molecule has 2 aromatic carbocycles. The van der Waals surface area contributed by atoms with Crippen LogP contribution in [0.2, 0.25) is 5.02 Å². The van der Waals surface area contributed by atoms with Gasteiger partial charge in [-0.15, -0.1) is 0 Å². The van der Waals surface area contributed by atoms with Gasteiger partial charge in [0.2, 0.25) is 0 Å². The molecule has 0 atom stereocenters. The summed E-state index contributed by atoms with van der Waals surface area (Å²) in [5.74, 6) is 0.127. The third-order valence-corrected chi connectivity index (χ3v) is 4.04. The van der Waals surface area contributed by atoms with E-state index in [1.807, 2.05) is 6.92 Å². The van der Waals surface area contributed by atoms with E-state index in [9.17, 15) is 9.59 Å². The molecule has 5 nitrogen and oxygen atoms in total. The number of ether oxygens (including phenoxy) is 1. The van der Waals surface area contributed by atoms with E-state index in [-0.39, 0.29) is 18.4 Å². The van der Waals surface area contributed by atoms with E-state index >= 15 is 0 Å². The Balaban J connectivity index is 1.88. The number of nitrogens with one attached hydrogen (secondary N) is 1. The number of fused-ring (bicyclic) bond motifs is 1. The van der Waals surface area contributed by atoms with E-state index in [0.717, 1.165) is 5.57 Å². The van der Waals surface area contributed by atoms with Gasteiger partial charge in [0.15, 0.2) is 6.61 Å². The predicted octanol–water partition coefficient (Wildman–Crippen LogP) is 3.89. The Kier molecular flexibility index (Phi) is 4.76. The van der Waals surface area contributed by atoms with Crippen LogP contribution in [-0.4, -0.2) is 25.0 Å². The van der Waals surface area contributed by atoms with Crippen LogP contribution in [0.3, 0.4) is 0 Å². The van der Waals surface area contributed by atoms with Gasteiger partial charge in [0, 0.05) is 12.2 Å². The van der Waals surface area contributed by atoms with Gasteiger partial charge in [0.05, 0.1) is 16.3 Å². The number of halogens is 1. The van der Waals surface area contributed by atoms with Crippen molar-refractivity contribution in [2.24, 2.45) is 0 Å². The first-order valence-electron chi connectivity index (χ1n) is 7.73. The van der Waals surface area contributed by atoms with Crippen LogP contribution in [0.15, 0.2) is 54.6 Å². The Morgan fingerprint density at radius 1 is 1.32 bits per heavy atom. The number of carbonyl (C=O) groups excluding carboxylic acids is 2. The quantitative estimate of drug-likeness (QED) is 0.845. The second kappa shape index (κ2) is 6.99. The molecule has 0 spiro atoms. The highest BCUT2D eigenvalue weighted by Gasteiger charge is 2.26. The molecule has 0 fully saturated rings. The zero-order valence-corrected chi connectivity index (χ0v) is 14.5. The molecule has 0 saturated heterocycles. The first kappa shape index (κ1) is 17.0. The van der Waals surface area contributed by atoms with Crippen molar-refractivity contribution in [3.05, 3.63) is 65.2 Å². The minimum absolute atomic E-state index is 0.00832. The molecule has 0 aromatic heterocycles.